The number of anilines is 1. The number of benzene rings is 2. The van der Waals surface area contributed by atoms with E-state index in [-0.39, 0.29) is 17.3 Å². The molecular weight excluding hydrogens is 368 g/mol. The molecule has 7 nitrogen and oxygen atoms in total. The molecule has 0 atom stereocenters. The molecule has 0 radical (unpaired) electrons. The van der Waals surface area contributed by atoms with Crippen molar-refractivity contribution in [3.63, 3.8) is 0 Å². The van der Waals surface area contributed by atoms with Crippen molar-refractivity contribution in [2.75, 3.05) is 39.2 Å². The second-order valence-corrected chi connectivity index (χ2v) is 8.01. The Labute approximate surface area is 160 Å². The van der Waals surface area contributed by atoms with Crippen LogP contribution in [0.2, 0.25) is 0 Å². The lowest BCUT2D eigenvalue weighted by atomic mass is 10.2. The number of rotatable bonds is 7. The average Bonchev–Trinajstić information content (AvgIpc) is 2.65. The third-order valence-electron chi connectivity index (χ3n) is 4.04. The Kier molecular flexibility index (Phi) is 6.32. The molecule has 0 aromatic heterocycles. The number of hydrogen-bond acceptors (Lipinski definition) is 5. The van der Waals surface area contributed by atoms with Crippen LogP contribution in [-0.4, -0.2) is 54.1 Å². The van der Waals surface area contributed by atoms with Gasteiger partial charge in [-0.25, -0.2) is 8.42 Å². The molecule has 0 aliphatic heterocycles. The summed E-state index contributed by atoms with van der Waals surface area (Å²) in [5.41, 5.74) is 1.40. The van der Waals surface area contributed by atoms with Crippen molar-refractivity contribution in [2.24, 2.45) is 0 Å². The molecular formula is C19H24N2O5S. The van der Waals surface area contributed by atoms with E-state index in [1.54, 1.807) is 38.4 Å². The van der Waals surface area contributed by atoms with E-state index in [1.807, 2.05) is 6.92 Å². The fourth-order valence-electron chi connectivity index (χ4n) is 2.39. The Morgan fingerprint density at radius 1 is 0.963 bits per heavy atom. The van der Waals surface area contributed by atoms with Crippen LogP contribution in [0.4, 0.5) is 5.69 Å². The maximum atomic E-state index is 13.3. The van der Waals surface area contributed by atoms with Crippen molar-refractivity contribution in [1.29, 1.82) is 0 Å². The van der Waals surface area contributed by atoms with Crippen LogP contribution in [-0.2, 0) is 14.8 Å². The van der Waals surface area contributed by atoms with Crippen LogP contribution >= 0.6 is 0 Å². The van der Waals surface area contributed by atoms with E-state index in [1.165, 1.54) is 37.3 Å². The number of carbonyl (C=O) groups excluding carboxylic acids is 1. The van der Waals surface area contributed by atoms with Gasteiger partial charge in [-0.05, 0) is 31.2 Å². The molecule has 2 aromatic rings. The quantitative estimate of drug-likeness (QED) is 0.723. The number of ether oxygens (including phenoxy) is 2. The summed E-state index contributed by atoms with van der Waals surface area (Å²) in [4.78, 5) is 13.6. The minimum atomic E-state index is -4.00. The van der Waals surface area contributed by atoms with E-state index in [0.29, 0.717) is 17.2 Å². The third-order valence-corrected chi connectivity index (χ3v) is 5.81. The van der Waals surface area contributed by atoms with Crippen LogP contribution in [0, 0.1) is 6.92 Å². The highest BCUT2D eigenvalue weighted by Gasteiger charge is 2.28. The summed E-state index contributed by atoms with van der Waals surface area (Å²) in [7, 11) is 2.07. The molecule has 0 heterocycles. The van der Waals surface area contributed by atoms with E-state index in [4.69, 9.17) is 9.47 Å². The first-order valence-electron chi connectivity index (χ1n) is 8.22. The minimum Gasteiger partial charge on any atom is -0.493 e. The van der Waals surface area contributed by atoms with Crippen molar-refractivity contribution < 1.29 is 22.7 Å². The lowest BCUT2D eigenvalue weighted by Gasteiger charge is -2.26. The van der Waals surface area contributed by atoms with Crippen LogP contribution in [0.25, 0.3) is 0 Å². The van der Waals surface area contributed by atoms with E-state index < -0.39 is 10.0 Å². The molecule has 8 heteroatoms. The largest absolute Gasteiger partial charge is 0.493 e. The van der Waals surface area contributed by atoms with Crippen LogP contribution in [0.3, 0.4) is 0 Å². The Balaban J connectivity index is 2.55. The highest BCUT2D eigenvalue weighted by atomic mass is 32.2. The zero-order valence-corrected chi connectivity index (χ0v) is 16.9. The molecule has 0 aliphatic carbocycles. The molecule has 0 unspecified atom stereocenters. The highest BCUT2D eigenvalue weighted by molar-refractivity contribution is 7.92. The van der Waals surface area contributed by atoms with Gasteiger partial charge in [0.15, 0.2) is 11.5 Å². The van der Waals surface area contributed by atoms with Gasteiger partial charge < -0.3 is 14.4 Å². The van der Waals surface area contributed by atoms with Crippen LogP contribution in [0.1, 0.15) is 5.56 Å². The molecule has 0 bridgehead atoms. The fourth-order valence-corrected chi connectivity index (χ4v) is 3.82. The Hall–Kier alpha value is -2.74. The van der Waals surface area contributed by atoms with Gasteiger partial charge in [0, 0.05) is 20.2 Å². The number of aryl methyl sites for hydroxylation is 1. The van der Waals surface area contributed by atoms with Gasteiger partial charge in [0.25, 0.3) is 10.0 Å². The maximum absolute atomic E-state index is 13.3. The SMILES string of the molecule is COc1ccc(S(=O)(=O)N(CC(=O)N(C)C)c2ccc(C)cc2)cc1OC. The number of methoxy groups -OCH3 is 2. The molecule has 0 saturated carbocycles. The topological polar surface area (TPSA) is 76.2 Å². The van der Waals surface area contributed by atoms with Crippen LogP contribution < -0.4 is 13.8 Å². The normalized spacial score (nSPS) is 11.0. The lowest BCUT2D eigenvalue weighted by molar-refractivity contribution is -0.127. The van der Waals surface area contributed by atoms with E-state index in [0.717, 1.165) is 9.87 Å². The lowest BCUT2D eigenvalue weighted by Crippen LogP contribution is -2.40. The minimum absolute atomic E-state index is 0.00674. The molecule has 2 rings (SSSR count). The maximum Gasteiger partial charge on any atom is 0.264 e. The number of carbonyl (C=O) groups is 1. The number of sulfonamides is 1. The number of hydrogen-bond donors (Lipinski definition) is 0. The summed E-state index contributed by atoms with van der Waals surface area (Å²) < 4.78 is 38.1. The number of amides is 1. The van der Waals surface area contributed by atoms with Crippen molar-refractivity contribution in [3.8, 4) is 11.5 Å². The van der Waals surface area contributed by atoms with E-state index in [2.05, 4.69) is 0 Å². The van der Waals surface area contributed by atoms with Crippen LogP contribution in [0.5, 0.6) is 11.5 Å². The summed E-state index contributed by atoms with van der Waals surface area (Å²) >= 11 is 0. The second kappa shape index (κ2) is 8.30. The standard InChI is InChI=1S/C19H24N2O5S/c1-14-6-8-15(9-7-14)21(13-19(22)20(2)3)27(23,24)16-10-11-17(25-4)18(12-16)26-5/h6-12H,13H2,1-5H3. The van der Waals surface area contributed by atoms with E-state index >= 15 is 0 Å². The molecule has 0 N–H and O–H groups in total. The highest BCUT2D eigenvalue weighted by Crippen LogP contribution is 2.32. The summed E-state index contributed by atoms with van der Waals surface area (Å²) in [5.74, 6) is 0.378. The van der Waals surface area contributed by atoms with Gasteiger partial charge >= 0.3 is 0 Å². The summed E-state index contributed by atoms with van der Waals surface area (Å²) in [5, 5.41) is 0. The smallest absolute Gasteiger partial charge is 0.264 e. The summed E-state index contributed by atoms with van der Waals surface area (Å²) in [6.07, 6.45) is 0. The zero-order chi connectivity index (χ0) is 20.2. The van der Waals surface area contributed by atoms with Crippen LogP contribution in [0.15, 0.2) is 47.4 Å². The first-order chi connectivity index (χ1) is 12.7. The van der Waals surface area contributed by atoms with Gasteiger partial charge in [0.05, 0.1) is 24.8 Å². The van der Waals surface area contributed by atoms with Gasteiger partial charge in [-0.15, -0.1) is 0 Å². The molecule has 0 fully saturated rings. The van der Waals surface area contributed by atoms with Gasteiger partial charge in [0.2, 0.25) is 5.91 Å². The number of likely N-dealkylation sites (N-methyl/N-ethyl adjacent to an activating group) is 1. The summed E-state index contributed by atoms with van der Waals surface area (Å²) in [6, 6.07) is 11.3. The van der Waals surface area contributed by atoms with Gasteiger partial charge in [-0.3, -0.25) is 9.10 Å². The Bertz CT molecular complexity index is 908. The molecule has 27 heavy (non-hydrogen) atoms. The molecule has 2 aromatic carbocycles. The summed E-state index contributed by atoms with van der Waals surface area (Å²) in [6.45, 7) is 1.59. The zero-order valence-electron chi connectivity index (χ0n) is 16.1. The fraction of sp³-hybridized carbons (Fsp3) is 0.316. The molecule has 1 amide bonds. The molecule has 0 aliphatic rings. The molecule has 0 saturated heterocycles. The van der Waals surface area contributed by atoms with Crippen molar-refractivity contribution >= 4 is 21.6 Å². The first-order valence-corrected chi connectivity index (χ1v) is 9.66. The predicted octanol–water partition coefficient (Wildman–Crippen LogP) is 2.30. The Morgan fingerprint density at radius 2 is 1.56 bits per heavy atom. The Morgan fingerprint density at radius 3 is 2.07 bits per heavy atom. The van der Waals surface area contributed by atoms with Gasteiger partial charge in [0.1, 0.15) is 6.54 Å². The van der Waals surface area contributed by atoms with Crippen molar-refractivity contribution in [2.45, 2.75) is 11.8 Å². The number of nitrogens with zero attached hydrogens (tertiary/aromatic N) is 2. The van der Waals surface area contributed by atoms with E-state index in [9.17, 15) is 13.2 Å². The first kappa shape index (κ1) is 20.6. The third kappa shape index (κ3) is 4.51. The van der Waals surface area contributed by atoms with Gasteiger partial charge in [-0.1, -0.05) is 17.7 Å². The molecule has 0 spiro atoms. The average molecular weight is 392 g/mol. The van der Waals surface area contributed by atoms with Crippen molar-refractivity contribution in [1.82, 2.24) is 4.90 Å². The van der Waals surface area contributed by atoms with Crippen molar-refractivity contribution in [3.05, 3.63) is 48.0 Å². The monoisotopic (exact) mass is 392 g/mol. The second-order valence-electron chi connectivity index (χ2n) is 6.15. The van der Waals surface area contributed by atoms with Gasteiger partial charge in [-0.2, -0.15) is 0 Å². The predicted molar refractivity (Wildman–Crippen MR) is 104 cm³/mol. The molecule has 146 valence electrons.